The van der Waals surface area contributed by atoms with Crippen LogP contribution in [0.2, 0.25) is 0 Å². The maximum Gasteiger partial charge on any atom is 0.329 e. The van der Waals surface area contributed by atoms with E-state index in [1.807, 2.05) is 43.5 Å². The van der Waals surface area contributed by atoms with Crippen LogP contribution >= 0.6 is 11.3 Å². The molecule has 0 aliphatic carbocycles. The van der Waals surface area contributed by atoms with E-state index >= 15 is 0 Å². The fraction of sp³-hybridized carbons (Fsp3) is 0.273. The van der Waals surface area contributed by atoms with Crippen LogP contribution in [0.3, 0.4) is 0 Å². The molecule has 0 saturated carbocycles. The Morgan fingerprint density at radius 2 is 1.87 bits per heavy atom. The number of hydrogen-bond donors (Lipinski definition) is 0. The van der Waals surface area contributed by atoms with Crippen LogP contribution in [0.15, 0.2) is 41.8 Å². The van der Waals surface area contributed by atoms with E-state index in [1.54, 1.807) is 18.2 Å². The smallest absolute Gasteiger partial charge is 0.329 e. The van der Waals surface area contributed by atoms with E-state index in [9.17, 15) is 10.1 Å². The molecule has 1 unspecified atom stereocenters. The molecule has 7 nitrogen and oxygen atoms in total. The number of esters is 1. The Bertz CT molecular complexity index is 1070. The van der Waals surface area contributed by atoms with Crippen LogP contribution in [0.5, 0.6) is 11.5 Å². The molecule has 3 rings (SSSR count). The predicted molar refractivity (Wildman–Crippen MR) is 113 cm³/mol. The van der Waals surface area contributed by atoms with E-state index in [0.717, 1.165) is 10.6 Å². The number of methoxy groups -OCH3 is 1. The van der Waals surface area contributed by atoms with E-state index in [1.165, 1.54) is 18.4 Å². The minimum atomic E-state index is -1.08. The van der Waals surface area contributed by atoms with E-state index in [-0.39, 0.29) is 0 Å². The van der Waals surface area contributed by atoms with E-state index in [4.69, 9.17) is 9.47 Å². The summed E-state index contributed by atoms with van der Waals surface area (Å²) in [6.07, 6.45) is 0. The average molecular weight is 423 g/mol. The predicted octanol–water partition coefficient (Wildman–Crippen LogP) is 4.45. The first kappa shape index (κ1) is 21.3. The van der Waals surface area contributed by atoms with Gasteiger partial charge in [0.1, 0.15) is 10.7 Å². The van der Waals surface area contributed by atoms with Crippen molar-refractivity contribution < 1.29 is 19.0 Å². The molecule has 3 aromatic rings. The Balaban J connectivity index is 1.92. The second kappa shape index (κ2) is 9.85. The Morgan fingerprint density at radius 3 is 2.57 bits per heavy atom. The Labute approximate surface area is 178 Å². The number of carbonyl (C=O) groups excluding carboxylic acids is 1. The third kappa shape index (κ3) is 4.58. The van der Waals surface area contributed by atoms with Crippen molar-refractivity contribution in [3.05, 3.63) is 47.5 Å². The largest absolute Gasteiger partial charge is 0.490 e. The highest BCUT2D eigenvalue weighted by atomic mass is 32.1. The summed E-state index contributed by atoms with van der Waals surface area (Å²) in [4.78, 5) is 21.0. The van der Waals surface area contributed by atoms with E-state index < -0.39 is 11.9 Å². The van der Waals surface area contributed by atoms with Crippen molar-refractivity contribution >= 4 is 17.3 Å². The summed E-state index contributed by atoms with van der Waals surface area (Å²) in [5.41, 5.74) is 2.47. The van der Waals surface area contributed by atoms with Crippen LogP contribution in [0.4, 0.5) is 0 Å². The highest BCUT2D eigenvalue weighted by Gasteiger charge is 2.23. The van der Waals surface area contributed by atoms with Crippen LogP contribution in [0.1, 0.15) is 25.5 Å². The van der Waals surface area contributed by atoms with Gasteiger partial charge in [0.15, 0.2) is 17.4 Å². The summed E-state index contributed by atoms with van der Waals surface area (Å²) in [6.45, 7) is 4.93. The molecule has 0 amide bonds. The first-order chi connectivity index (χ1) is 14.6. The Morgan fingerprint density at radius 1 is 1.10 bits per heavy atom. The van der Waals surface area contributed by atoms with Crippen LogP contribution < -0.4 is 9.47 Å². The number of carbonyl (C=O) groups is 1. The Kier molecular flexibility index (Phi) is 6.99. The highest BCUT2D eigenvalue weighted by molar-refractivity contribution is 7.13. The molecule has 1 aromatic carbocycles. The summed E-state index contributed by atoms with van der Waals surface area (Å²) in [5, 5.41) is 12.0. The highest BCUT2D eigenvalue weighted by Crippen LogP contribution is 2.35. The van der Waals surface area contributed by atoms with Crippen molar-refractivity contribution in [3.63, 3.8) is 0 Å². The van der Waals surface area contributed by atoms with Gasteiger partial charge in [-0.3, -0.25) is 4.79 Å². The number of aromatic nitrogens is 2. The molecule has 0 spiro atoms. The molecular weight excluding hydrogens is 402 g/mol. The monoisotopic (exact) mass is 423 g/mol. The third-order valence-electron chi connectivity index (χ3n) is 4.19. The SMILES string of the molecule is CCOc1ccc(-c2nc(-c3cccc(C(C#N)C(=O)OC)n3)cs2)cc1OCC. The molecule has 0 N–H and O–H groups in total. The number of nitriles is 1. The lowest BCUT2D eigenvalue weighted by Gasteiger charge is -2.11. The van der Waals surface area contributed by atoms with Crippen LogP contribution in [-0.4, -0.2) is 36.3 Å². The fourth-order valence-corrected chi connectivity index (χ4v) is 3.63. The second-order valence-corrected chi connectivity index (χ2v) is 6.96. The van der Waals surface area contributed by atoms with Gasteiger partial charge in [0.25, 0.3) is 0 Å². The first-order valence-electron chi connectivity index (χ1n) is 9.41. The molecule has 154 valence electrons. The molecule has 2 heterocycles. The number of nitrogens with zero attached hydrogens (tertiary/aromatic N) is 3. The maximum absolute atomic E-state index is 11.8. The van der Waals surface area contributed by atoms with Crippen molar-refractivity contribution in [2.24, 2.45) is 0 Å². The standard InChI is InChI=1S/C22H21N3O4S/c1-4-28-19-10-9-14(11-20(19)29-5-2)21-25-18(13-30-21)17-8-6-7-16(24-17)15(12-23)22(26)27-3/h6-11,13,15H,4-5H2,1-3H3. The van der Waals surface area contributed by atoms with Gasteiger partial charge in [0.05, 0.1) is 37.8 Å². The number of hydrogen-bond acceptors (Lipinski definition) is 8. The number of rotatable bonds is 8. The van der Waals surface area contributed by atoms with Gasteiger partial charge < -0.3 is 14.2 Å². The van der Waals surface area contributed by atoms with Crippen molar-refractivity contribution in [3.8, 4) is 39.5 Å². The summed E-state index contributed by atoms with van der Waals surface area (Å²) in [7, 11) is 1.25. The minimum Gasteiger partial charge on any atom is -0.490 e. The molecule has 0 radical (unpaired) electrons. The molecular formula is C22H21N3O4S. The zero-order valence-corrected chi connectivity index (χ0v) is 17.7. The van der Waals surface area contributed by atoms with E-state index in [0.29, 0.717) is 41.8 Å². The van der Waals surface area contributed by atoms with Crippen molar-refractivity contribution in [2.45, 2.75) is 19.8 Å². The summed E-state index contributed by atoms with van der Waals surface area (Å²) >= 11 is 1.47. The molecule has 0 aliphatic heterocycles. The quantitative estimate of drug-likeness (QED) is 0.494. The molecule has 8 heteroatoms. The van der Waals surface area contributed by atoms with Crippen LogP contribution in [0.25, 0.3) is 22.0 Å². The van der Waals surface area contributed by atoms with Crippen molar-refractivity contribution in [1.82, 2.24) is 9.97 Å². The second-order valence-electron chi connectivity index (χ2n) is 6.10. The van der Waals surface area contributed by atoms with Crippen LogP contribution in [0, 0.1) is 11.3 Å². The maximum atomic E-state index is 11.8. The molecule has 0 fully saturated rings. The molecule has 0 aliphatic rings. The lowest BCUT2D eigenvalue weighted by atomic mass is 10.1. The number of ether oxygens (including phenoxy) is 3. The summed E-state index contributed by atoms with van der Waals surface area (Å²) in [6, 6.07) is 12.8. The minimum absolute atomic E-state index is 0.330. The zero-order valence-electron chi connectivity index (χ0n) is 16.9. The molecule has 2 aromatic heterocycles. The van der Waals surface area contributed by atoms with Gasteiger partial charge in [-0.15, -0.1) is 11.3 Å². The average Bonchev–Trinajstić information content (AvgIpc) is 3.26. The topological polar surface area (TPSA) is 94.3 Å². The Hall–Kier alpha value is -3.44. The van der Waals surface area contributed by atoms with Crippen LogP contribution in [-0.2, 0) is 9.53 Å². The van der Waals surface area contributed by atoms with E-state index in [2.05, 4.69) is 14.7 Å². The molecule has 0 bridgehead atoms. The van der Waals surface area contributed by atoms with Crippen molar-refractivity contribution in [2.75, 3.05) is 20.3 Å². The summed E-state index contributed by atoms with van der Waals surface area (Å²) < 4.78 is 16.0. The van der Waals surface area contributed by atoms with Gasteiger partial charge in [-0.25, -0.2) is 9.97 Å². The van der Waals surface area contributed by atoms with Crippen molar-refractivity contribution in [1.29, 1.82) is 5.26 Å². The van der Waals surface area contributed by atoms with Gasteiger partial charge in [0.2, 0.25) is 0 Å². The first-order valence-corrected chi connectivity index (χ1v) is 10.3. The number of benzene rings is 1. The van der Waals surface area contributed by atoms with Gasteiger partial charge in [-0.2, -0.15) is 5.26 Å². The van der Waals surface area contributed by atoms with Gasteiger partial charge in [-0.05, 0) is 44.2 Å². The number of thiazole rings is 1. The zero-order chi connectivity index (χ0) is 21.5. The molecule has 0 saturated heterocycles. The lowest BCUT2D eigenvalue weighted by Crippen LogP contribution is -2.14. The van der Waals surface area contributed by atoms with Gasteiger partial charge >= 0.3 is 5.97 Å². The van der Waals surface area contributed by atoms with Gasteiger partial charge in [0, 0.05) is 10.9 Å². The number of pyridine rings is 1. The third-order valence-corrected chi connectivity index (χ3v) is 5.08. The lowest BCUT2D eigenvalue weighted by molar-refractivity contribution is -0.141. The fourth-order valence-electron chi connectivity index (χ4n) is 2.82. The normalized spacial score (nSPS) is 11.4. The molecule has 30 heavy (non-hydrogen) atoms. The molecule has 1 atom stereocenters. The summed E-state index contributed by atoms with van der Waals surface area (Å²) in [5.74, 6) is -0.352. The van der Waals surface area contributed by atoms with Gasteiger partial charge in [-0.1, -0.05) is 6.07 Å².